The fraction of sp³-hybridized carbons (Fsp3) is 0.550. The van der Waals surface area contributed by atoms with Crippen molar-refractivity contribution < 1.29 is 14.6 Å². The highest BCUT2D eigenvalue weighted by Crippen LogP contribution is 2.49. The molecule has 3 N–H and O–H groups in total. The summed E-state index contributed by atoms with van der Waals surface area (Å²) in [5.41, 5.74) is 5.95. The first kappa shape index (κ1) is 18.0. The number of fused-ring (bicyclic) bond motifs is 1. The Bertz CT molecular complexity index is 616. The molecule has 5 heteroatoms. The molecule has 1 aromatic carbocycles. The summed E-state index contributed by atoms with van der Waals surface area (Å²) < 4.78 is 5.56. The molecule has 1 heterocycles. The standard InChI is InChI=1S/C20H28N2O3/c1-2-13-25-16-8-6-15(7-9-16)19-17-5-3-4-10-20(17,24)11-12-22(19)14-18(21)23/h2,6-9,17,19,24H,1,3-5,10-14H2,(H2,21,23)/t17-,19-,20+/m0/s1. The summed E-state index contributed by atoms with van der Waals surface area (Å²) in [6.45, 7) is 5.04. The van der Waals surface area contributed by atoms with Crippen LogP contribution in [0.2, 0.25) is 0 Å². The third kappa shape index (κ3) is 3.88. The van der Waals surface area contributed by atoms with Crippen LogP contribution in [0.3, 0.4) is 0 Å². The molecule has 3 rings (SSSR count). The van der Waals surface area contributed by atoms with Crippen molar-refractivity contribution in [2.45, 2.75) is 43.7 Å². The average molecular weight is 344 g/mol. The lowest BCUT2D eigenvalue weighted by Crippen LogP contribution is -2.56. The molecule has 0 radical (unpaired) electrons. The Labute approximate surface area is 149 Å². The molecule has 1 amide bonds. The first-order valence-corrected chi connectivity index (χ1v) is 9.12. The van der Waals surface area contributed by atoms with Gasteiger partial charge in [0.15, 0.2) is 0 Å². The maximum absolute atomic E-state index is 11.5. The zero-order valence-electron chi connectivity index (χ0n) is 14.7. The van der Waals surface area contributed by atoms with Crippen molar-refractivity contribution in [2.75, 3.05) is 19.7 Å². The molecule has 25 heavy (non-hydrogen) atoms. The second-order valence-electron chi connectivity index (χ2n) is 7.26. The highest BCUT2D eigenvalue weighted by atomic mass is 16.5. The van der Waals surface area contributed by atoms with E-state index in [4.69, 9.17) is 10.5 Å². The van der Waals surface area contributed by atoms with Crippen molar-refractivity contribution >= 4 is 5.91 Å². The topological polar surface area (TPSA) is 75.8 Å². The lowest BCUT2D eigenvalue weighted by atomic mass is 9.66. The van der Waals surface area contributed by atoms with Crippen LogP contribution in [0.1, 0.15) is 43.7 Å². The molecule has 3 atom stereocenters. The molecule has 5 nitrogen and oxygen atoms in total. The van der Waals surface area contributed by atoms with Crippen molar-refractivity contribution in [3.05, 3.63) is 42.5 Å². The Kier molecular flexibility index (Phi) is 5.45. The van der Waals surface area contributed by atoms with Gasteiger partial charge in [-0.3, -0.25) is 9.69 Å². The van der Waals surface area contributed by atoms with Gasteiger partial charge < -0.3 is 15.6 Å². The molecular weight excluding hydrogens is 316 g/mol. The minimum absolute atomic E-state index is 0.0139. The van der Waals surface area contributed by atoms with Crippen molar-refractivity contribution in [1.82, 2.24) is 4.90 Å². The number of carbonyl (C=O) groups excluding carboxylic acids is 1. The molecule has 0 aromatic heterocycles. The van der Waals surface area contributed by atoms with Gasteiger partial charge in [0.05, 0.1) is 12.1 Å². The van der Waals surface area contributed by atoms with E-state index in [-0.39, 0.29) is 24.4 Å². The van der Waals surface area contributed by atoms with E-state index >= 15 is 0 Å². The molecule has 0 bridgehead atoms. The van der Waals surface area contributed by atoms with E-state index in [2.05, 4.69) is 11.5 Å². The molecule has 2 fully saturated rings. The smallest absolute Gasteiger partial charge is 0.231 e. The Morgan fingerprint density at radius 1 is 1.36 bits per heavy atom. The second-order valence-corrected chi connectivity index (χ2v) is 7.26. The van der Waals surface area contributed by atoms with E-state index in [1.54, 1.807) is 6.08 Å². The SMILES string of the molecule is C=CCOc1ccc([C@H]2[C@@H]3CCCC[C@@]3(O)CCN2CC(N)=O)cc1. The zero-order valence-corrected chi connectivity index (χ0v) is 14.7. The normalized spacial score (nSPS) is 29.6. The van der Waals surface area contributed by atoms with Crippen molar-refractivity contribution in [3.8, 4) is 5.75 Å². The molecule has 1 saturated heterocycles. The van der Waals surface area contributed by atoms with Gasteiger partial charge in [0.2, 0.25) is 5.91 Å². The number of likely N-dealkylation sites (tertiary alicyclic amines) is 1. The highest BCUT2D eigenvalue weighted by Gasteiger charge is 2.49. The summed E-state index contributed by atoms with van der Waals surface area (Å²) in [5.74, 6) is 0.603. The summed E-state index contributed by atoms with van der Waals surface area (Å²) in [4.78, 5) is 13.7. The van der Waals surface area contributed by atoms with Crippen LogP contribution >= 0.6 is 0 Å². The number of benzene rings is 1. The average Bonchev–Trinajstić information content (AvgIpc) is 2.60. The summed E-state index contributed by atoms with van der Waals surface area (Å²) >= 11 is 0. The minimum atomic E-state index is -0.630. The van der Waals surface area contributed by atoms with Crippen molar-refractivity contribution in [1.29, 1.82) is 0 Å². The molecule has 1 aliphatic heterocycles. The first-order valence-electron chi connectivity index (χ1n) is 9.12. The summed E-state index contributed by atoms with van der Waals surface area (Å²) in [6, 6.07) is 7.98. The number of ether oxygens (including phenoxy) is 1. The van der Waals surface area contributed by atoms with Crippen molar-refractivity contribution in [3.63, 3.8) is 0 Å². The number of piperidine rings is 1. The quantitative estimate of drug-likeness (QED) is 0.777. The monoisotopic (exact) mass is 344 g/mol. The van der Waals surface area contributed by atoms with E-state index < -0.39 is 5.60 Å². The van der Waals surface area contributed by atoms with Crippen LogP contribution in [0, 0.1) is 5.92 Å². The predicted octanol–water partition coefficient (Wildman–Crippen LogP) is 2.40. The Morgan fingerprint density at radius 2 is 2.12 bits per heavy atom. The van der Waals surface area contributed by atoms with Gasteiger partial charge in [-0.05, 0) is 37.0 Å². The summed E-state index contributed by atoms with van der Waals surface area (Å²) in [5, 5.41) is 11.2. The van der Waals surface area contributed by atoms with Gasteiger partial charge in [0.1, 0.15) is 12.4 Å². The Hall–Kier alpha value is -1.85. The number of amides is 1. The Morgan fingerprint density at radius 3 is 2.80 bits per heavy atom. The van der Waals surface area contributed by atoms with Crippen LogP contribution in [0.25, 0.3) is 0 Å². The maximum Gasteiger partial charge on any atom is 0.231 e. The summed E-state index contributed by atoms with van der Waals surface area (Å²) in [6.07, 6.45) is 6.44. The fourth-order valence-corrected chi connectivity index (χ4v) is 4.48. The number of hydrogen-bond donors (Lipinski definition) is 2. The van der Waals surface area contributed by atoms with Crippen molar-refractivity contribution in [2.24, 2.45) is 11.7 Å². The second kappa shape index (κ2) is 7.58. The first-order chi connectivity index (χ1) is 12.0. The molecule has 136 valence electrons. The number of nitrogens with two attached hydrogens (primary N) is 1. The van der Waals surface area contributed by atoms with Crippen LogP contribution in [0.5, 0.6) is 5.75 Å². The molecule has 2 aliphatic rings. The molecule has 1 aromatic rings. The number of rotatable bonds is 6. The van der Waals surface area contributed by atoms with E-state index in [0.29, 0.717) is 19.6 Å². The molecule has 0 spiro atoms. The molecular formula is C20H28N2O3. The van der Waals surface area contributed by atoms with Gasteiger partial charge in [0, 0.05) is 18.5 Å². The third-order valence-electron chi connectivity index (χ3n) is 5.62. The number of primary amides is 1. The predicted molar refractivity (Wildman–Crippen MR) is 97.2 cm³/mol. The van der Waals surface area contributed by atoms with Crippen LogP contribution < -0.4 is 10.5 Å². The lowest BCUT2D eigenvalue weighted by Gasteiger charge is -2.52. The number of nitrogens with zero attached hydrogens (tertiary/aromatic N) is 1. The van der Waals surface area contributed by atoms with E-state index in [0.717, 1.165) is 37.0 Å². The van der Waals surface area contributed by atoms with E-state index in [1.807, 2.05) is 24.3 Å². The number of aliphatic hydroxyl groups is 1. The lowest BCUT2D eigenvalue weighted by molar-refractivity contribution is -0.136. The van der Waals surface area contributed by atoms with E-state index in [1.165, 1.54) is 0 Å². The Balaban J connectivity index is 1.88. The van der Waals surface area contributed by atoms with Gasteiger partial charge in [-0.1, -0.05) is 37.6 Å². The minimum Gasteiger partial charge on any atom is -0.490 e. The van der Waals surface area contributed by atoms with Gasteiger partial charge in [0.25, 0.3) is 0 Å². The van der Waals surface area contributed by atoms with E-state index in [9.17, 15) is 9.90 Å². The maximum atomic E-state index is 11.5. The van der Waals surface area contributed by atoms with Gasteiger partial charge >= 0.3 is 0 Å². The molecule has 1 saturated carbocycles. The fourth-order valence-electron chi connectivity index (χ4n) is 4.48. The molecule has 1 aliphatic carbocycles. The van der Waals surface area contributed by atoms with Crippen LogP contribution in [0.4, 0.5) is 0 Å². The van der Waals surface area contributed by atoms with Gasteiger partial charge in [-0.15, -0.1) is 0 Å². The zero-order chi connectivity index (χ0) is 17.9. The van der Waals surface area contributed by atoms with Crippen LogP contribution in [0.15, 0.2) is 36.9 Å². The number of hydrogen-bond acceptors (Lipinski definition) is 4. The third-order valence-corrected chi connectivity index (χ3v) is 5.62. The largest absolute Gasteiger partial charge is 0.490 e. The highest BCUT2D eigenvalue weighted by molar-refractivity contribution is 5.76. The van der Waals surface area contributed by atoms with Gasteiger partial charge in [-0.2, -0.15) is 0 Å². The molecule has 0 unspecified atom stereocenters. The van der Waals surface area contributed by atoms with Gasteiger partial charge in [-0.25, -0.2) is 0 Å². The summed E-state index contributed by atoms with van der Waals surface area (Å²) in [7, 11) is 0. The van der Waals surface area contributed by atoms with Crippen LogP contribution in [-0.2, 0) is 4.79 Å². The number of carbonyl (C=O) groups is 1. The van der Waals surface area contributed by atoms with Crippen LogP contribution in [-0.4, -0.2) is 41.2 Å².